The Morgan fingerprint density at radius 3 is 2.70 bits per heavy atom. The third-order valence-corrected chi connectivity index (χ3v) is 6.05. The van der Waals surface area contributed by atoms with Crippen LogP contribution < -0.4 is 0 Å². The maximum atomic E-state index is 12.8. The van der Waals surface area contributed by atoms with E-state index in [0.717, 1.165) is 13.1 Å². The molecule has 23 heavy (non-hydrogen) atoms. The van der Waals surface area contributed by atoms with Crippen LogP contribution >= 0.6 is 11.6 Å². The molecule has 0 amide bonds. The number of aromatic nitrogens is 2. The van der Waals surface area contributed by atoms with Crippen molar-refractivity contribution >= 4 is 21.6 Å². The van der Waals surface area contributed by atoms with Gasteiger partial charge in [-0.05, 0) is 0 Å². The molecule has 0 atom stereocenters. The first-order chi connectivity index (χ1) is 11.0. The Hall–Kier alpha value is -1.18. The molecule has 1 aromatic heterocycles. The zero-order chi connectivity index (χ0) is 16.9. The first-order valence-corrected chi connectivity index (χ1v) is 9.12. The van der Waals surface area contributed by atoms with E-state index in [0.29, 0.717) is 19.8 Å². The molecule has 0 unspecified atom stereocenters. The number of ether oxygens (including phenoxy) is 1. The van der Waals surface area contributed by atoms with E-state index in [1.54, 1.807) is 7.05 Å². The average molecular weight is 362 g/mol. The van der Waals surface area contributed by atoms with Crippen LogP contribution in [0.5, 0.6) is 0 Å². The van der Waals surface area contributed by atoms with Gasteiger partial charge in [-0.15, -0.1) is 0 Å². The van der Waals surface area contributed by atoms with Crippen molar-refractivity contribution in [2.24, 2.45) is 7.05 Å². The van der Waals surface area contributed by atoms with Gasteiger partial charge in [-0.3, -0.25) is 4.90 Å². The molecule has 0 aliphatic carbocycles. The lowest BCUT2D eigenvalue weighted by atomic mass is 10.4. The Kier molecular flexibility index (Phi) is 6.38. The van der Waals surface area contributed by atoms with Crippen molar-refractivity contribution in [3.8, 4) is 6.07 Å². The number of sulfonamides is 1. The lowest BCUT2D eigenvalue weighted by molar-refractivity contribution is 0.0363. The number of hydrogen-bond acceptors (Lipinski definition) is 6. The summed E-state index contributed by atoms with van der Waals surface area (Å²) in [5.74, 6) is 0. The van der Waals surface area contributed by atoms with Gasteiger partial charge in [-0.2, -0.15) is 9.57 Å². The van der Waals surface area contributed by atoms with Gasteiger partial charge in [0.1, 0.15) is 5.15 Å². The fourth-order valence-corrected chi connectivity index (χ4v) is 4.11. The van der Waals surface area contributed by atoms with Crippen molar-refractivity contribution in [3.05, 3.63) is 11.5 Å². The SMILES string of the molecule is Cn1cnc(S(=O)(=O)N(CCC#N)CCN2CCOCC2)c1Cl. The number of aryl methyl sites for hydroxylation is 1. The highest BCUT2D eigenvalue weighted by atomic mass is 35.5. The summed E-state index contributed by atoms with van der Waals surface area (Å²) >= 11 is 6.02. The summed E-state index contributed by atoms with van der Waals surface area (Å²) in [6.45, 7) is 3.84. The van der Waals surface area contributed by atoms with Crippen LogP contribution in [-0.2, 0) is 21.8 Å². The van der Waals surface area contributed by atoms with Gasteiger partial charge in [-0.25, -0.2) is 13.4 Å². The highest BCUT2D eigenvalue weighted by molar-refractivity contribution is 7.89. The Labute approximate surface area is 141 Å². The van der Waals surface area contributed by atoms with Crippen LogP contribution in [0, 0.1) is 11.3 Å². The lowest BCUT2D eigenvalue weighted by Gasteiger charge is -2.29. The molecule has 10 heteroatoms. The summed E-state index contributed by atoms with van der Waals surface area (Å²) in [6.07, 6.45) is 1.48. The summed E-state index contributed by atoms with van der Waals surface area (Å²) < 4.78 is 33.5. The highest BCUT2D eigenvalue weighted by Crippen LogP contribution is 2.22. The largest absolute Gasteiger partial charge is 0.379 e. The van der Waals surface area contributed by atoms with Gasteiger partial charge in [0.05, 0.1) is 25.6 Å². The Morgan fingerprint density at radius 1 is 1.43 bits per heavy atom. The van der Waals surface area contributed by atoms with E-state index in [1.165, 1.54) is 15.2 Å². The second-order valence-electron chi connectivity index (χ2n) is 5.22. The topological polar surface area (TPSA) is 91.5 Å². The van der Waals surface area contributed by atoms with Crippen molar-refractivity contribution < 1.29 is 13.2 Å². The molecule has 1 aromatic rings. The molecule has 0 N–H and O–H groups in total. The zero-order valence-corrected chi connectivity index (χ0v) is 14.6. The number of rotatable bonds is 7. The maximum Gasteiger partial charge on any atom is 0.263 e. The molecule has 8 nitrogen and oxygen atoms in total. The number of hydrogen-bond donors (Lipinski definition) is 0. The molecule has 1 aliphatic rings. The minimum atomic E-state index is -3.82. The molecule has 1 fully saturated rings. The molecule has 1 saturated heterocycles. The minimum absolute atomic E-state index is 0.0679. The number of imidazole rings is 1. The summed E-state index contributed by atoms with van der Waals surface area (Å²) in [7, 11) is -2.20. The molecule has 128 valence electrons. The maximum absolute atomic E-state index is 12.8. The molecule has 0 radical (unpaired) electrons. The fraction of sp³-hybridized carbons (Fsp3) is 0.692. The van der Waals surface area contributed by atoms with Gasteiger partial charge >= 0.3 is 0 Å². The molecule has 0 spiro atoms. The van der Waals surface area contributed by atoms with Crippen molar-refractivity contribution in [2.45, 2.75) is 11.4 Å². The predicted molar refractivity (Wildman–Crippen MR) is 84.5 cm³/mol. The first-order valence-electron chi connectivity index (χ1n) is 7.31. The van der Waals surface area contributed by atoms with E-state index in [-0.39, 0.29) is 29.7 Å². The predicted octanol–water partition coefficient (Wildman–Crippen LogP) is 0.310. The second-order valence-corrected chi connectivity index (χ2v) is 7.43. The summed E-state index contributed by atoms with van der Waals surface area (Å²) in [5, 5.41) is 8.69. The van der Waals surface area contributed by atoms with E-state index >= 15 is 0 Å². The van der Waals surface area contributed by atoms with Gasteiger partial charge in [0.15, 0.2) is 0 Å². The van der Waals surface area contributed by atoms with E-state index in [2.05, 4.69) is 9.88 Å². The van der Waals surface area contributed by atoms with Gasteiger partial charge in [-0.1, -0.05) is 11.6 Å². The van der Waals surface area contributed by atoms with Crippen molar-refractivity contribution in [2.75, 3.05) is 45.9 Å². The smallest absolute Gasteiger partial charge is 0.263 e. The molecule has 1 aliphatic heterocycles. The number of morpholine rings is 1. The molecule has 2 heterocycles. The van der Waals surface area contributed by atoms with Crippen LogP contribution in [0.15, 0.2) is 11.4 Å². The van der Waals surface area contributed by atoms with Crippen molar-refractivity contribution in [1.29, 1.82) is 5.26 Å². The van der Waals surface area contributed by atoms with Crippen LogP contribution in [-0.4, -0.2) is 73.1 Å². The highest BCUT2D eigenvalue weighted by Gasteiger charge is 2.30. The van der Waals surface area contributed by atoms with Crippen LogP contribution in [0.3, 0.4) is 0 Å². The van der Waals surface area contributed by atoms with Crippen LogP contribution in [0.1, 0.15) is 6.42 Å². The summed E-state index contributed by atoms with van der Waals surface area (Å²) in [5.41, 5.74) is 0. The van der Waals surface area contributed by atoms with Crippen molar-refractivity contribution in [1.82, 2.24) is 18.8 Å². The quantitative estimate of drug-likeness (QED) is 0.694. The van der Waals surface area contributed by atoms with Crippen LogP contribution in [0.4, 0.5) is 0 Å². The van der Waals surface area contributed by atoms with Crippen LogP contribution in [0.25, 0.3) is 0 Å². The third kappa shape index (κ3) is 4.43. The van der Waals surface area contributed by atoms with E-state index < -0.39 is 10.0 Å². The molecular formula is C13H20ClN5O3S. The number of nitriles is 1. The molecule has 0 saturated carbocycles. The second kappa shape index (κ2) is 8.08. The first kappa shape index (κ1) is 18.2. The zero-order valence-electron chi connectivity index (χ0n) is 13.0. The van der Waals surface area contributed by atoms with Gasteiger partial charge in [0.2, 0.25) is 5.03 Å². The van der Waals surface area contributed by atoms with Gasteiger partial charge in [0.25, 0.3) is 10.0 Å². The average Bonchev–Trinajstić information content (AvgIpc) is 2.88. The normalized spacial score (nSPS) is 16.6. The number of halogens is 1. The van der Waals surface area contributed by atoms with Crippen molar-refractivity contribution in [3.63, 3.8) is 0 Å². The summed E-state index contributed by atoms with van der Waals surface area (Å²) in [6, 6.07) is 1.98. The summed E-state index contributed by atoms with van der Waals surface area (Å²) in [4.78, 5) is 6.03. The number of nitrogens with zero attached hydrogens (tertiary/aromatic N) is 5. The molecule has 0 bridgehead atoms. The standard InChI is InChI=1S/C13H20ClN5O3S/c1-17-11-16-13(12(17)14)23(20,21)19(4-2-3-15)6-5-18-7-9-22-10-8-18/h11H,2,4-10H2,1H3. The Morgan fingerprint density at radius 2 is 2.13 bits per heavy atom. The minimum Gasteiger partial charge on any atom is -0.379 e. The monoisotopic (exact) mass is 361 g/mol. The fourth-order valence-electron chi connectivity index (χ4n) is 2.29. The lowest BCUT2D eigenvalue weighted by Crippen LogP contribution is -2.43. The van der Waals surface area contributed by atoms with Crippen LogP contribution in [0.2, 0.25) is 5.15 Å². The van der Waals surface area contributed by atoms with E-state index in [4.69, 9.17) is 21.6 Å². The van der Waals surface area contributed by atoms with E-state index in [1.807, 2.05) is 6.07 Å². The molecule has 2 rings (SSSR count). The Bertz CT molecular complexity index is 664. The van der Waals surface area contributed by atoms with E-state index in [9.17, 15) is 8.42 Å². The Balaban J connectivity index is 2.12. The third-order valence-electron chi connectivity index (χ3n) is 3.66. The van der Waals surface area contributed by atoms with Gasteiger partial charge in [0, 0.05) is 46.2 Å². The molecular weight excluding hydrogens is 342 g/mol. The van der Waals surface area contributed by atoms with Gasteiger partial charge < -0.3 is 9.30 Å². The molecule has 0 aromatic carbocycles.